The highest BCUT2D eigenvalue weighted by Crippen LogP contribution is 2.12. The van der Waals surface area contributed by atoms with E-state index in [1.165, 1.54) is 12.1 Å². The van der Waals surface area contributed by atoms with E-state index in [0.717, 1.165) is 11.1 Å². The molecule has 19 heavy (non-hydrogen) atoms. The summed E-state index contributed by atoms with van der Waals surface area (Å²) in [5.74, 6) is 5.96. The zero-order valence-corrected chi connectivity index (χ0v) is 10.9. The number of halogens is 1. The number of nitrogens with one attached hydrogen (secondary N) is 1. The first-order chi connectivity index (χ1) is 9.25. The van der Waals surface area contributed by atoms with Crippen molar-refractivity contribution in [3.8, 4) is 11.8 Å². The fourth-order valence-electron chi connectivity index (χ4n) is 1.74. The highest BCUT2D eigenvalue weighted by molar-refractivity contribution is 5.33. The zero-order valence-electron chi connectivity index (χ0n) is 10.9. The molecule has 2 aromatic rings. The molecule has 0 aliphatic heterocycles. The van der Waals surface area contributed by atoms with Gasteiger partial charge in [0.25, 0.3) is 0 Å². The zero-order chi connectivity index (χ0) is 13.5. The second-order valence-electron chi connectivity index (χ2n) is 4.32. The molecule has 0 amide bonds. The van der Waals surface area contributed by atoms with Crippen molar-refractivity contribution in [2.75, 3.05) is 6.54 Å². The van der Waals surface area contributed by atoms with Gasteiger partial charge in [0.05, 0.1) is 6.54 Å². The van der Waals surface area contributed by atoms with Crippen LogP contribution in [-0.4, -0.2) is 6.54 Å². The Morgan fingerprint density at radius 2 is 1.74 bits per heavy atom. The van der Waals surface area contributed by atoms with Crippen molar-refractivity contribution in [2.24, 2.45) is 0 Å². The lowest BCUT2D eigenvalue weighted by Gasteiger charge is -2.11. The van der Waals surface area contributed by atoms with E-state index in [-0.39, 0.29) is 11.9 Å². The van der Waals surface area contributed by atoms with Crippen molar-refractivity contribution in [3.63, 3.8) is 0 Å². The van der Waals surface area contributed by atoms with Gasteiger partial charge in [0.1, 0.15) is 5.82 Å². The maximum atomic E-state index is 12.8. The summed E-state index contributed by atoms with van der Waals surface area (Å²) in [7, 11) is 0. The molecule has 2 rings (SSSR count). The largest absolute Gasteiger partial charge is 0.300 e. The molecular weight excluding hydrogens is 237 g/mol. The van der Waals surface area contributed by atoms with Crippen molar-refractivity contribution >= 4 is 0 Å². The minimum absolute atomic E-state index is 0.158. The predicted molar refractivity (Wildman–Crippen MR) is 76.1 cm³/mol. The monoisotopic (exact) mass is 253 g/mol. The van der Waals surface area contributed by atoms with Crippen molar-refractivity contribution in [1.82, 2.24) is 5.32 Å². The Hall–Kier alpha value is -2.11. The fourth-order valence-corrected chi connectivity index (χ4v) is 1.74. The van der Waals surface area contributed by atoms with Crippen LogP contribution in [0, 0.1) is 17.7 Å². The van der Waals surface area contributed by atoms with Crippen LogP contribution >= 0.6 is 0 Å². The van der Waals surface area contributed by atoms with Gasteiger partial charge < -0.3 is 0 Å². The summed E-state index contributed by atoms with van der Waals surface area (Å²) in [5.41, 5.74) is 2.07. The third kappa shape index (κ3) is 4.24. The average molecular weight is 253 g/mol. The van der Waals surface area contributed by atoms with Crippen LogP contribution in [0.1, 0.15) is 24.1 Å². The summed E-state index contributed by atoms with van der Waals surface area (Å²) in [6.45, 7) is 2.64. The summed E-state index contributed by atoms with van der Waals surface area (Å²) in [6.07, 6.45) is 0. The second kappa shape index (κ2) is 6.72. The highest BCUT2D eigenvalue weighted by atomic mass is 19.1. The Labute approximate surface area is 113 Å². The molecule has 0 fully saturated rings. The SMILES string of the molecule is C[C@H](NCC#Cc1ccccc1)c1ccc(F)cc1. The van der Waals surface area contributed by atoms with Gasteiger partial charge in [-0.25, -0.2) is 4.39 Å². The van der Waals surface area contributed by atoms with E-state index in [4.69, 9.17) is 0 Å². The molecule has 2 aromatic carbocycles. The molecule has 0 aromatic heterocycles. The van der Waals surface area contributed by atoms with Gasteiger partial charge in [-0.05, 0) is 36.8 Å². The third-order valence-corrected chi connectivity index (χ3v) is 2.87. The van der Waals surface area contributed by atoms with Gasteiger partial charge >= 0.3 is 0 Å². The molecule has 2 heteroatoms. The van der Waals surface area contributed by atoms with Gasteiger partial charge in [0.2, 0.25) is 0 Å². The lowest BCUT2D eigenvalue weighted by atomic mass is 10.1. The van der Waals surface area contributed by atoms with Crippen LogP contribution < -0.4 is 5.32 Å². The summed E-state index contributed by atoms with van der Waals surface area (Å²) in [6, 6.07) is 16.6. The van der Waals surface area contributed by atoms with Crippen molar-refractivity contribution < 1.29 is 4.39 Å². The molecule has 1 atom stereocenters. The minimum atomic E-state index is -0.209. The molecule has 0 spiro atoms. The van der Waals surface area contributed by atoms with Gasteiger partial charge in [-0.2, -0.15) is 0 Å². The van der Waals surface area contributed by atoms with Gasteiger partial charge in [-0.3, -0.25) is 5.32 Å². The number of hydrogen-bond acceptors (Lipinski definition) is 1. The first-order valence-electron chi connectivity index (χ1n) is 6.28. The van der Waals surface area contributed by atoms with Crippen LogP contribution in [0.5, 0.6) is 0 Å². The lowest BCUT2D eigenvalue weighted by molar-refractivity contribution is 0.609. The second-order valence-corrected chi connectivity index (χ2v) is 4.32. The number of benzene rings is 2. The fraction of sp³-hybridized carbons (Fsp3) is 0.176. The topological polar surface area (TPSA) is 12.0 Å². The van der Waals surface area contributed by atoms with Gasteiger partial charge in [0, 0.05) is 11.6 Å². The molecule has 0 aliphatic carbocycles. The molecule has 0 saturated carbocycles. The van der Waals surface area contributed by atoms with Gasteiger partial charge in [-0.15, -0.1) is 0 Å². The van der Waals surface area contributed by atoms with Crippen molar-refractivity contribution in [3.05, 3.63) is 71.5 Å². The van der Waals surface area contributed by atoms with E-state index < -0.39 is 0 Å². The molecule has 0 saturated heterocycles. The molecular formula is C17H16FN. The van der Waals surface area contributed by atoms with Crippen LogP contribution in [0.4, 0.5) is 4.39 Å². The van der Waals surface area contributed by atoms with Crippen LogP contribution in [0.3, 0.4) is 0 Å². The average Bonchev–Trinajstić information content (AvgIpc) is 2.45. The third-order valence-electron chi connectivity index (χ3n) is 2.87. The maximum Gasteiger partial charge on any atom is 0.123 e. The van der Waals surface area contributed by atoms with E-state index in [2.05, 4.69) is 17.2 Å². The van der Waals surface area contributed by atoms with E-state index in [0.29, 0.717) is 6.54 Å². The Morgan fingerprint density at radius 1 is 1.05 bits per heavy atom. The van der Waals surface area contributed by atoms with E-state index >= 15 is 0 Å². The predicted octanol–water partition coefficient (Wildman–Crippen LogP) is 3.53. The molecule has 0 unspecified atom stereocenters. The quantitative estimate of drug-likeness (QED) is 0.825. The van der Waals surface area contributed by atoms with E-state index in [9.17, 15) is 4.39 Å². The Balaban J connectivity index is 1.86. The summed E-state index contributed by atoms with van der Waals surface area (Å²) in [4.78, 5) is 0. The molecule has 0 aliphatic rings. The highest BCUT2D eigenvalue weighted by Gasteiger charge is 2.02. The summed E-state index contributed by atoms with van der Waals surface area (Å²) >= 11 is 0. The van der Waals surface area contributed by atoms with Gasteiger partial charge in [-0.1, -0.05) is 42.2 Å². The first-order valence-corrected chi connectivity index (χ1v) is 6.28. The molecule has 0 radical (unpaired) electrons. The standard InChI is InChI=1S/C17H16FN/c1-14(16-9-11-17(18)12-10-16)19-13-5-8-15-6-3-2-4-7-15/h2-4,6-7,9-12,14,19H,13H2,1H3/t14-/m0/s1. The lowest BCUT2D eigenvalue weighted by Crippen LogP contribution is -2.18. The smallest absolute Gasteiger partial charge is 0.123 e. The molecule has 0 heterocycles. The number of hydrogen-bond donors (Lipinski definition) is 1. The summed E-state index contributed by atoms with van der Waals surface area (Å²) < 4.78 is 12.8. The van der Waals surface area contributed by atoms with Crippen molar-refractivity contribution in [2.45, 2.75) is 13.0 Å². The minimum Gasteiger partial charge on any atom is -0.300 e. The molecule has 0 bridgehead atoms. The molecule has 1 N–H and O–H groups in total. The van der Waals surface area contributed by atoms with Crippen LogP contribution in [0.25, 0.3) is 0 Å². The molecule has 96 valence electrons. The Kier molecular flexibility index (Phi) is 4.72. The normalized spacial score (nSPS) is 11.5. The first kappa shape index (κ1) is 13.3. The van der Waals surface area contributed by atoms with Crippen LogP contribution in [0.15, 0.2) is 54.6 Å². The number of rotatable bonds is 3. The maximum absolute atomic E-state index is 12.8. The van der Waals surface area contributed by atoms with Gasteiger partial charge in [0.15, 0.2) is 0 Å². The van der Waals surface area contributed by atoms with E-state index in [1.807, 2.05) is 37.3 Å². The van der Waals surface area contributed by atoms with Crippen molar-refractivity contribution in [1.29, 1.82) is 0 Å². The van der Waals surface area contributed by atoms with Crippen LogP contribution in [0.2, 0.25) is 0 Å². The Morgan fingerprint density at radius 3 is 2.42 bits per heavy atom. The summed E-state index contributed by atoms with van der Waals surface area (Å²) in [5, 5.41) is 3.29. The van der Waals surface area contributed by atoms with Crippen LogP contribution in [-0.2, 0) is 0 Å². The molecule has 1 nitrogen and oxygen atoms in total. The van der Waals surface area contributed by atoms with E-state index in [1.54, 1.807) is 12.1 Å². The Bertz CT molecular complexity index is 564.